The maximum atomic E-state index is 12.0. The van der Waals surface area contributed by atoms with Crippen molar-refractivity contribution in [3.8, 4) is 0 Å². The van der Waals surface area contributed by atoms with E-state index in [0.717, 1.165) is 0 Å². The lowest BCUT2D eigenvalue weighted by Gasteiger charge is -2.37. The third kappa shape index (κ3) is 1.66. The fraction of sp³-hybridized carbons (Fsp3) is 0.333. The number of amides is 2. The molecule has 19 heavy (non-hydrogen) atoms. The van der Waals surface area contributed by atoms with Gasteiger partial charge in [0.2, 0.25) is 5.60 Å². The smallest absolute Gasteiger partial charge is 0.282 e. The Bertz CT molecular complexity index is 517. The van der Waals surface area contributed by atoms with Crippen LogP contribution in [0.4, 0.5) is 5.69 Å². The van der Waals surface area contributed by atoms with E-state index in [4.69, 9.17) is 5.84 Å². The van der Waals surface area contributed by atoms with E-state index in [0.29, 0.717) is 5.69 Å². The zero-order chi connectivity index (χ0) is 14.3. The average molecular weight is 264 g/mol. The molecule has 1 fully saturated rings. The number of carbonyl (C=O) groups is 2. The standard InChI is InChI=1S/C12H16N4O3/c1-11(2)12(19,9(17)14-13)10(18)15-16(11)8-6-4-3-5-7-8/h3-7,19H,13H2,1-2H3,(H,14,17)(H,15,18). The van der Waals surface area contributed by atoms with Crippen LogP contribution in [0.15, 0.2) is 30.3 Å². The Morgan fingerprint density at radius 3 is 2.47 bits per heavy atom. The van der Waals surface area contributed by atoms with Crippen LogP contribution in [-0.2, 0) is 9.59 Å². The number of nitrogens with zero attached hydrogens (tertiary/aromatic N) is 1. The first-order valence-corrected chi connectivity index (χ1v) is 5.75. The Morgan fingerprint density at radius 2 is 1.95 bits per heavy atom. The molecule has 102 valence electrons. The normalized spacial score (nSPS) is 25.1. The lowest BCUT2D eigenvalue weighted by molar-refractivity contribution is -0.154. The SMILES string of the molecule is CC1(C)N(c2ccccc2)NC(=O)C1(O)C(=O)NN. The van der Waals surface area contributed by atoms with Crippen LogP contribution in [0.2, 0.25) is 0 Å². The van der Waals surface area contributed by atoms with E-state index < -0.39 is 23.0 Å². The van der Waals surface area contributed by atoms with Gasteiger partial charge in [-0.3, -0.25) is 25.4 Å². The van der Waals surface area contributed by atoms with Crippen molar-refractivity contribution >= 4 is 17.5 Å². The maximum Gasteiger partial charge on any atom is 0.282 e. The quantitative estimate of drug-likeness (QED) is 0.238. The van der Waals surface area contributed by atoms with Gasteiger partial charge in [0, 0.05) is 0 Å². The van der Waals surface area contributed by atoms with Gasteiger partial charge in [-0.25, -0.2) is 5.84 Å². The molecule has 0 radical (unpaired) electrons. The minimum absolute atomic E-state index is 0.654. The molecule has 0 bridgehead atoms. The topological polar surface area (TPSA) is 108 Å². The summed E-state index contributed by atoms with van der Waals surface area (Å²) in [5.74, 6) is 3.28. The third-order valence-corrected chi connectivity index (χ3v) is 3.46. The van der Waals surface area contributed by atoms with Crippen LogP contribution in [0.1, 0.15) is 13.8 Å². The van der Waals surface area contributed by atoms with E-state index >= 15 is 0 Å². The molecule has 2 amide bonds. The summed E-state index contributed by atoms with van der Waals surface area (Å²) in [6.07, 6.45) is 0. The molecule has 0 spiro atoms. The number of benzene rings is 1. The largest absolute Gasteiger partial charge is 0.370 e. The molecule has 0 aromatic heterocycles. The number of nitrogens with one attached hydrogen (secondary N) is 2. The minimum atomic E-state index is -2.27. The first-order chi connectivity index (χ1) is 8.85. The predicted molar refractivity (Wildman–Crippen MR) is 68.4 cm³/mol. The van der Waals surface area contributed by atoms with Crippen LogP contribution < -0.4 is 21.7 Å². The number of hydrogen-bond acceptors (Lipinski definition) is 5. The minimum Gasteiger partial charge on any atom is -0.370 e. The highest BCUT2D eigenvalue weighted by Gasteiger charge is 2.64. The molecule has 7 nitrogen and oxygen atoms in total. The Hall–Kier alpha value is -2.12. The number of aliphatic hydroxyl groups is 1. The number of rotatable bonds is 2. The van der Waals surface area contributed by atoms with Crippen LogP contribution in [0.5, 0.6) is 0 Å². The fourth-order valence-corrected chi connectivity index (χ4v) is 2.21. The predicted octanol–water partition coefficient (Wildman–Crippen LogP) is -0.963. The molecule has 1 saturated heterocycles. The van der Waals surface area contributed by atoms with E-state index in [2.05, 4.69) is 5.43 Å². The van der Waals surface area contributed by atoms with Crippen molar-refractivity contribution in [2.24, 2.45) is 5.84 Å². The highest BCUT2D eigenvalue weighted by Crippen LogP contribution is 2.36. The van der Waals surface area contributed by atoms with Crippen molar-refractivity contribution < 1.29 is 14.7 Å². The molecule has 1 aromatic carbocycles. The van der Waals surface area contributed by atoms with E-state index in [-0.39, 0.29) is 0 Å². The zero-order valence-corrected chi connectivity index (χ0v) is 10.7. The molecule has 0 aliphatic carbocycles. The fourth-order valence-electron chi connectivity index (χ4n) is 2.21. The summed E-state index contributed by atoms with van der Waals surface area (Å²) < 4.78 is 0. The lowest BCUT2D eigenvalue weighted by atomic mass is 9.82. The van der Waals surface area contributed by atoms with Crippen molar-refractivity contribution in [3.05, 3.63) is 30.3 Å². The highest BCUT2D eigenvalue weighted by atomic mass is 16.3. The number of anilines is 1. The summed E-state index contributed by atoms with van der Waals surface area (Å²) in [5, 5.41) is 11.9. The number of hydrogen-bond donors (Lipinski definition) is 4. The monoisotopic (exact) mass is 264 g/mol. The van der Waals surface area contributed by atoms with Crippen molar-refractivity contribution in [2.45, 2.75) is 25.0 Å². The summed E-state index contributed by atoms with van der Waals surface area (Å²) >= 11 is 0. The van der Waals surface area contributed by atoms with E-state index in [1.54, 1.807) is 38.1 Å². The van der Waals surface area contributed by atoms with Gasteiger partial charge in [0.1, 0.15) is 5.54 Å². The number of hydrazine groups is 2. The number of nitrogens with two attached hydrogens (primary N) is 1. The van der Waals surface area contributed by atoms with Gasteiger partial charge in [-0.05, 0) is 26.0 Å². The highest BCUT2D eigenvalue weighted by molar-refractivity contribution is 6.12. The third-order valence-electron chi connectivity index (χ3n) is 3.46. The molecule has 1 heterocycles. The summed E-state index contributed by atoms with van der Waals surface area (Å²) in [6.45, 7) is 3.15. The summed E-state index contributed by atoms with van der Waals surface area (Å²) in [4.78, 5) is 23.7. The van der Waals surface area contributed by atoms with E-state index in [1.165, 1.54) is 5.01 Å². The zero-order valence-electron chi connectivity index (χ0n) is 10.7. The van der Waals surface area contributed by atoms with Crippen molar-refractivity contribution in [2.75, 3.05) is 5.01 Å². The Morgan fingerprint density at radius 1 is 1.37 bits per heavy atom. The Balaban J connectivity index is 2.48. The van der Waals surface area contributed by atoms with Gasteiger partial charge in [0.15, 0.2) is 0 Å². The van der Waals surface area contributed by atoms with Crippen LogP contribution in [0.25, 0.3) is 0 Å². The van der Waals surface area contributed by atoms with Crippen LogP contribution in [-0.4, -0.2) is 28.1 Å². The van der Waals surface area contributed by atoms with Crippen LogP contribution >= 0.6 is 0 Å². The van der Waals surface area contributed by atoms with Crippen LogP contribution in [0.3, 0.4) is 0 Å². The second-order valence-corrected chi connectivity index (χ2v) is 4.85. The molecule has 1 aromatic rings. The summed E-state index contributed by atoms with van der Waals surface area (Å²) in [7, 11) is 0. The van der Waals surface area contributed by atoms with Gasteiger partial charge in [0.25, 0.3) is 11.8 Å². The van der Waals surface area contributed by atoms with Gasteiger partial charge in [-0.1, -0.05) is 18.2 Å². The Kier molecular flexibility index (Phi) is 2.95. The summed E-state index contributed by atoms with van der Waals surface area (Å²) in [6, 6.07) is 8.92. The lowest BCUT2D eigenvalue weighted by Crippen LogP contribution is -2.65. The first-order valence-electron chi connectivity index (χ1n) is 5.75. The molecule has 1 aliphatic rings. The van der Waals surface area contributed by atoms with Crippen molar-refractivity contribution in [1.82, 2.24) is 10.9 Å². The molecule has 7 heteroatoms. The van der Waals surface area contributed by atoms with Crippen molar-refractivity contribution in [3.63, 3.8) is 0 Å². The summed E-state index contributed by atoms with van der Waals surface area (Å²) in [5.41, 5.74) is 1.51. The Labute approximate surface area is 110 Å². The van der Waals surface area contributed by atoms with E-state index in [1.807, 2.05) is 11.5 Å². The molecule has 5 N–H and O–H groups in total. The van der Waals surface area contributed by atoms with Crippen LogP contribution in [0, 0.1) is 0 Å². The average Bonchev–Trinajstić information content (AvgIpc) is 2.60. The van der Waals surface area contributed by atoms with Gasteiger partial charge in [-0.2, -0.15) is 0 Å². The number of para-hydroxylation sites is 1. The van der Waals surface area contributed by atoms with Crippen molar-refractivity contribution in [1.29, 1.82) is 0 Å². The molecule has 1 atom stereocenters. The van der Waals surface area contributed by atoms with Gasteiger partial charge in [0.05, 0.1) is 5.69 Å². The van der Waals surface area contributed by atoms with E-state index in [9.17, 15) is 14.7 Å². The van der Waals surface area contributed by atoms with Gasteiger partial charge < -0.3 is 5.11 Å². The number of carbonyl (C=O) groups excluding carboxylic acids is 2. The second kappa shape index (κ2) is 4.22. The molecule has 0 saturated carbocycles. The second-order valence-electron chi connectivity index (χ2n) is 4.85. The van der Waals surface area contributed by atoms with Gasteiger partial charge in [-0.15, -0.1) is 0 Å². The molecule has 1 aliphatic heterocycles. The molecule has 1 unspecified atom stereocenters. The first kappa shape index (κ1) is 13.3. The maximum absolute atomic E-state index is 12.0. The molecule has 2 rings (SSSR count). The van der Waals surface area contributed by atoms with Gasteiger partial charge >= 0.3 is 0 Å². The molecular formula is C12H16N4O3. The molecular weight excluding hydrogens is 248 g/mol.